The van der Waals surface area contributed by atoms with E-state index in [1.165, 1.54) is 25.7 Å². The van der Waals surface area contributed by atoms with Crippen molar-refractivity contribution in [3.8, 4) is 0 Å². The molecule has 0 N–H and O–H groups in total. The van der Waals surface area contributed by atoms with Crippen molar-refractivity contribution in [2.45, 2.75) is 77.3 Å². The molecule has 0 amide bonds. The number of esters is 1. The summed E-state index contributed by atoms with van der Waals surface area (Å²) < 4.78 is 44.8. The van der Waals surface area contributed by atoms with E-state index in [4.69, 9.17) is 0 Å². The number of hydrogen-bond donors (Lipinski definition) is 0. The summed E-state index contributed by atoms with van der Waals surface area (Å²) in [6, 6.07) is 0. The standard InChI is InChI=1S/C18H29F3O2/c1-3-4-13-5-7-14(8-6-13)15-9-11-17(12-10-15,16(22)23-2)18(19,20)21/h13-15H,3-12H2,1-2H3. The third-order valence-corrected chi connectivity index (χ3v) is 6.26. The Kier molecular flexibility index (Phi) is 6.01. The van der Waals surface area contributed by atoms with Crippen molar-refractivity contribution in [3.05, 3.63) is 0 Å². The van der Waals surface area contributed by atoms with E-state index in [1.54, 1.807) is 0 Å². The van der Waals surface area contributed by atoms with Crippen molar-refractivity contribution in [2.75, 3.05) is 7.11 Å². The molecule has 0 unspecified atom stereocenters. The van der Waals surface area contributed by atoms with Gasteiger partial charge in [0.25, 0.3) is 0 Å². The molecule has 0 radical (unpaired) electrons. The van der Waals surface area contributed by atoms with Gasteiger partial charge < -0.3 is 4.74 Å². The average molecular weight is 334 g/mol. The van der Waals surface area contributed by atoms with Gasteiger partial charge in [-0.3, -0.25) is 4.79 Å². The van der Waals surface area contributed by atoms with Crippen LogP contribution in [0.5, 0.6) is 0 Å². The molecule has 0 spiro atoms. The summed E-state index contributed by atoms with van der Waals surface area (Å²) in [7, 11) is 1.05. The molecule has 2 rings (SSSR count). The molecule has 0 aromatic rings. The van der Waals surface area contributed by atoms with E-state index in [0.29, 0.717) is 24.7 Å². The zero-order valence-electron chi connectivity index (χ0n) is 14.3. The summed E-state index contributed by atoms with van der Waals surface area (Å²) in [5, 5.41) is 0. The fourth-order valence-electron chi connectivity index (χ4n) is 4.76. The summed E-state index contributed by atoms with van der Waals surface area (Å²) in [4.78, 5) is 11.8. The molecule has 2 nitrogen and oxygen atoms in total. The van der Waals surface area contributed by atoms with Crippen molar-refractivity contribution < 1.29 is 22.7 Å². The van der Waals surface area contributed by atoms with Crippen molar-refractivity contribution >= 4 is 5.97 Å². The Morgan fingerprint density at radius 3 is 2.00 bits per heavy atom. The lowest BCUT2D eigenvalue weighted by Gasteiger charge is -2.42. The first-order valence-corrected chi connectivity index (χ1v) is 8.99. The van der Waals surface area contributed by atoms with E-state index in [-0.39, 0.29) is 12.8 Å². The first-order chi connectivity index (χ1) is 10.8. The molecule has 5 heteroatoms. The largest absolute Gasteiger partial charge is 0.468 e. The molecular weight excluding hydrogens is 305 g/mol. The van der Waals surface area contributed by atoms with Crippen LogP contribution in [0.1, 0.15) is 71.1 Å². The van der Waals surface area contributed by atoms with Gasteiger partial charge in [0.15, 0.2) is 5.41 Å². The van der Waals surface area contributed by atoms with Gasteiger partial charge in [-0.1, -0.05) is 32.6 Å². The van der Waals surface area contributed by atoms with Crippen LogP contribution in [0, 0.1) is 23.2 Å². The lowest BCUT2D eigenvalue weighted by atomic mass is 9.64. The minimum Gasteiger partial charge on any atom is -0.468 e. The minimum absolute atomic E-state index is 0.108. The van der Waals surface area contributed by atoms with Crippen LogP contribution in [0.15, 0.2) is 0 Å². The first-order valence-electron chi connectivity index (χ1n) is 8.99. The van der Waals surface area contributed by atoms with Crippen molar-refractivity contribution in [1.29, 1.82) is 0 Å². The molecule has 2 aliphatic rings. The van der Waals surface area contributed by atoms with Gasteiger partial charge in [-0.2, -0.15) is 13.2 Å². The maximum Gasteiger partial charge on any atom is 0.404 e. The molecule has 23 heavy (non-hydrogen) atoms. The Morgan fingerprint density at radius 1 is 1.04 bits per heavy atom. The van der Waals surface area contributed by atoms with Gasteiger partial charge in [0.2, 0.25) is 0 Å². The molecule has 0 saturated heterocycles. The van der Waals surface area contributed by atoms with Crippen LogP contribution in [-0.2, 0) is 9.53 Å². The van der Waals surface area contributed by atoms with E-state index < -0.39 is 17.6 Å². The number of methoxy groups -OCH3 is 1. The molecular formula is C18H29F3O2. The van der Waals surface area contributed by atoms with Gasteiger partial charge in [0.1, 0.15) is 0 Å². The fraction of sp³-hybridized carbons (Fsp3) is 0.944. The van der Waals surface area contributed by atoms with Crippen LogP contribution < -0.4 is 0 Å². The normalized spacial score (nSPS) is 35.8. The van der Waals surface area contributed by atoms with Crippen LogP contribution in [0.25, 0.3) is 0 Å². The zero-order chi connectivity index (χ0) is 17.1. The predicted octanol–water partition coefficient (Wildman–Crippen LogP) is 5.50. The maximum absolute atomic E-state index is 13.4. The van der Waals surface area contributed by atoms with Gasteiger partial charge in [-0.15, -0.1) is 0 Å². The van der Waals surface area contributed by atoms with Crippen LogP contribution in [0.2, 0.25) is 0 Å². The fourth-order valence-corrected chi connectivity index (χ4v) is 4.76. The second-order valence-corrected chi connectivity index (χ2v) is 7.48. The number of halogens is 3. The molecule has 2 saturated carbocycles. The second-order valence-electron chi connectivity index (χ2n) is 7.48. The highest BCUT2D eigenvalue weighted by molar-refractivity contribution is 5.77. The predicted molar refractivity (Wildman–Crippen MR) is 82.8 cm³/mol. The van der Waals surface area contributed by atoms with Crippen molar-refractivity contribution in [1.82, 2.24) is 0 Å². The van der Waals surface area contributed by atoms with Crippen molar-refractivity contribution in [3.63, 3.8) is 0 Å². The molecule has 2 aliphatic carbocycles. The Labute approximate surface area is 137 Å². The van der Waals surface area contributed by atoms with Gasteiger partial charge >= 0.3 is 12.1 Å². The molecule has 0 aromatic carbocycles. The van der Waals surface area contributed by atoms with Crippen molar-refractivity contribution in [2.24, 2.45) is 23.2 Å². The third-order valence-electron chi connectivity index (χ3n) is 6.26. The summed E-state index contributed by atoms with van der Waals surface area (Å²) in [6.07, 6.45) is 3.49. The monoisotopic (exact) mass is 334 g/mol. The number of carbonyl (C=O) groups is 1. The second kappa shape index (κ2) is 7.43. The Morgan fingerprint density at radius 2 is 1.57 bits per heavy atom. The van der Waals surface area contributed by atoms with Crippen LogP contribution >= 0.6 is 0 Å². The van der Waals surface area contributed by atoms with Crippen LogP contribution in [-0.4, -0.2) is 19.3 Å². The Bertz CT molecular complexity index is 390. The van der Waals surface area contributed by atoms with Crippen LogP contribution in [0.4, 0.5) is 13.2 Å². The highest BCUT2D eigenvalue weighted by Gasteiger charge is 2.62. The first kappa shape index (κ1) is 18.6. The van der Waals surface area contributed by atoms with Gasteiger partial charge in [-0.05, 0) is 56.3 Å². The average Bonchev–Trinajstić information content (AvgIpc) is 2.54. The molecule has 0 bridgehead atoms. The van der Waals surface area contributed by atoms with E-state index >= 15 is 0 Å². The van der Waals surface area contributed by atoms with Gasteiger partial charge in [-0.25, -0.2) is 0 Å². The molecule has 0 aliphatic heterocycles. The number of carbonyl (C=O) groups excluding carboxylic acids is 1. The minimum atomic E-state index is -4.51. The molecule has 0 aromatic heterocycles. The van der Waals surface area contributed by atoms with Crippen LogP contribution in [0.3, 0.4) is 0 Å². The van der Waals surface area contributed by atoms with Gasteiger partial charge in [0.05, 0.1) is 7.11 Å². The lowest BCUT2D eigenvalue weighted by Crippen LogP contribution is -2.48. The summed E-state index contributed by atoms with van der Waals surface area (Å²) in [5.41, 5.74) is -2.27. The lowest BCUT2D eigenvalue weighted by molar-refractivity contribution is -0.244. The topological polar surface area (TPSA) is 26.3 Å². The number of alkyl halides is 3. The number of rotatable bonds is 4. The maximum atomic E-state index is 13.4. The molecule has 0 atom stereocenters. The smallest absolute Gasteiger partial charge is 0.404 e. The SMILES string of the molecule is CCCC1CCC(C2CCC(C(=O)OC)(C(F)(F)F)CC2)CC1. The zero-order valence-corrected chi connectivity index (χ0v) is 14.3. The Balaban J connectivity index is 1.94. The third kappa shape index (κ3) is 3.85. The Hall–Kier alpha value is -0.740. The summed E-state index contributed by atoms with van der Waals surface area (Å²) in [5.74, 6) is 0.601. The number of hydrogen-bond acceptors (Lipinski definition) is 2. The number of ether oxygens (including phenoxy) is 1. The van der Waals surface area contributed by atoms with Gasteiger partial charge in [0, 0.05) is 0 Å². The highest BCUT2D eigenvalue weighted by Crippen LogP contribution is 2.53. The molecule has 134 valence electrons. The van der Waals surface area contributed by atoms with E-state index in [1.807, 2.05) is 0 Å². The quantitative estimate of drug-likeness (QED) is 0.634. The summed E-state index contributed by atoms with van der Waals surface area (Å²) >= 11 is 0. The van der Waals surface area contributed by atoms with E-state index in [9.17, 15) is 18.0 Å². The highest BCUT2D eigenvalue weighted by atomic mass is 19.4. The van der Waals surface area contributed by atoms with E-state index in [0.717, 1.165) is 25.9 Å². The van der Waals surface area contributed by atoms with E-state index in [2.05, 4.69) is 11.7 Å². The molecule has 2 fully saturated rings. The molecule has 0 heterocycles. The summed E-state index contributed by atoms with van der Waals surface area (Å²) in [6.45, 7) is 2.21.